The third-order valence-electron chi connectivity index (χ3n) is 3.50. The highest BCUT2D eigenvalue weighted by Gasteiger charge is 2.20. The fourth-order valence-corrected chi connectivity index (χ4v) is 4.01. The molecule has 1 aromatic carbocycles. The summed E-state index contributed by atoms with van der Waals surface area (Å²) in [6.45, 7) is 4.03. The summed E-state index contributed by atoms with van der Waals surface area (Å²) in [5.74, 6) is 0. The number of aromatic amines is 1. The summed E-state index contributed by atoms with van der Waals surface area (Å²) in [7, 11) is -3.26. The van der Waals surface area contributed by atoms with Crippen molar-refractivity contribution in [3.05, 3.63) is 36.0 Å². The van der Waals surface area contributed by atoms with E-state index in [1.165, 1.54) is 0 Å². The molecular weight excluding hydrogens is 271 g/mol. The lowest BCUT2D eigenvalue weighted by Crippen LogP contribution is -2.24. The highest BCUT2D eigenvalue weighted by atomic mass is 31.2. The maximum Gasteiger partial charge on any atom is 0.267 e. The molecule has 0 amide bonds. The zero-order valence-electron chi connectivity index (χ0n) is 12.1. The van der Waals surface area contributed by atoms with Gasteiger partial charge in [-0.2, -0.15) is 0 Å². The van der Waals surface area contributed by atoms with Crippen LogP contribution >= 0.6 is 7.52 Å². The molecular formula is C15H23N2O2P. The molecule has 1 aromatic heterocycles. The lowest BCUT2D eigenvalue weighted by atomic mass is 10.1. The topological polar surface area (TPSA) is 65.1 Å². The quantitative estimate of drug-likeness (QED) is 0.683. The fourth-order valence-electron chi connectivity index (χ4n) is 2.52. The highest BCUT2D eigenvalue weighted by Crippen LogP contribution is 2.37. The average molecular weight is 294 g/mol. The number of fused-ring (bicyclic) bond motifs is 1. The molecule has 2 unspecified atom stereocenters. The molecule has 3 N–H and O–H groups in total. The largest absolute Gasteiger partial charge is 0.361 e. The lowest BCUT2D eigenvalue weighted by molar-refractivity contribution is 0.445. The Hall–Kier alpha value is -1.09. The lowest BCUT2D eigenvalue weighted by Gasteiger charge is -2.18. The minimum atomic E-state index is -3.26. The van der Waals surface area contributed by atoms with Gasteiger partial charge in [-0.15, -0.1) is 0 Å². The molecule has 0 aliphatic rings. The zero-order valence-corrected chi connectivity index (χ0v) is 13.0. The summed E-state index contributed by atoms with van der Waals surface area (Å²) >= 11 is 0. The van der Waals surface area contributed by atoms with Gasteiger partial charge in [0.25, 0.3) is 7.52 Å². The number of para-hydroxylation sites is 1. The maximum absolute atomic E-state index is 12.2. The molecule has 1 heterocycles. The third-order valence-corrected chi connectivity index (χ3v) is 5.18. The van der Waals surface area contributed by atoms with Crippen LogP contribution in [0, 0.1) is 0 Å². The normalized spacial score (nSPS) is 16.1. The number of benzene rings is 1. The van der Waals surface area contributed by atoms with Gasteiger partial charge in [0.1, 0.15) is 0 Å². The van der Waals surface area contributed by atoms with E-state index in [4.69, 9.17) is 0 Å². The molecule has 0 saturated carbocycles. The van der Waals surface area contributed by atoms with Crippen LogP contribution in [0.15, 0.2) is 30.5 Å². The Morgan fingerprint density at radius 2 is 2.15 bits per heavy atom. The SMILES string of the molecule is CCCC(C)NP(=O)(O)CCc1c[nH]c2ccccc12. The second-order valence-electron chi connectivity index (χ2n) is 5.35. The summed E-state index contributed by atoms with van der Waals surface area (Å²) in [4.78, 5) is 13.2. The van der Waals surface area contributed by atoms with Crippen LogP contribution in [-0.4, -0.2) is 22.1 Å². The van der Waals surface area contributed by atoms with Crippen LogP contribution in [0.4, 0.5) is 0 Å². The minimum Gasteiger partial charge on any atom is -0.361 e. The summed E-state index contributed by atoms with van der Waals surface area (Å²) < 4.78 is 12.2. The molecule has 0 saturated heterocycles. The number of rotatable bonds is 7. The van der Waals surface area contributed by atoms with E-state index < -0.39 is 7.52 Å². The molecule has 0 fully saturated rings. The van der Waals surface area contributed by atoms with Crippen molar-refractivity contribution in [1.29, 1.82) is 0 Å². The van der Waals surface area contributed by atoms with Crippen LogP contribution in [0.25, 0.3) is 10.9 Å². The van der Waals surface area contributed by atoms with Crippen molar-refractivity contribution in [2.45, 2.75) is 39.2 Å². The molecule has 20 heavy (non-hydrogen) atoms. The first-order valence-corrected chi connectivity index (χ1v) is 9.01. The monoisotopic (exact) mass is 294 g/mol. The average Bonchev–Trinajstić information content (AvgIpc) is 2.79. The predicted octanol–water partition coefficient (Wildman–Crippen LogP) is 3.67. The Balaban J connectivity index is 1.99. The van der Waals surface area contributed by atoms with Crippen LogP contribution < -0.4 is 5.09 Å². The molecule has 2 rings (SSSR count). The molecule has 4 nitrogen and oxygen atoms in total. The molecule has 0 aliphatic carbocycles. The standard InChI is InChI=1S/C15H23N2O2P/c1-3-6-12(2)17-20(18,19)10-9-13-11-16-15-8-5-4-7-14(13)15/h4-5,7-8,11-12,16H,3,6,9-10H2,1-2H3,(H2,17,18,19). The van der Waals surface area contributed by atoms with Crippen LogP contribution in [0.5, 0.6) is 0 Å². The molecule has 2 aromatic rings. The van der Waals surface area contributed by atoms with Crippen molar-refractivity contribution in [3.8, 4) is 0 Å². The predicted molar refractivity (Wildman–Crippen MR) is 84.2 cm³/mol. The van der Waals surface area contributed by atoms with E-state index in [2.05, 4.69) is 17.0 Å². The number of aromatic nitrogens is 1. The summed E-state index contributed by atoms with van der Waals surface area (Å²) in [6, 6.07) is 8.10. The number of hydrogen-bond donors (Lipinski definition) is 3. The number of nitrogens with one attached hydrogen (secondary N) is 2. The van der Waals surface area contributed by atoms with Crippen molar-refractivity contribution < 1.29 is 9.46 Å². The van der Waals surface area contributed by atoms with Gasteiger partial charge in [0.05, 0.1) is 0 Å². The summed E-state index contributed by atoms with van der Waals surface area (Å²) in [5.41, 5.74) is 2.17. The Bertz CT molecular complexity index is 609. The van der Waals surface area contributed by atoms with E-state index in [0.29, 0.717) is 6.42 Å². The van der Waals surface area contributed by atoms with Gasteiger partial charge in [0.15, 0.2) is 0 Å². The molecule has 0 bridgehead atoms. The number of H-pyrrole nitrogens is 1. The number of aryl methyl sites for hydroxylation is 1. The first kappa shape index (κ1) is 15.3. The second-order valence-corrected chi connectivity index (χ2v) is 7.46. The van der Waals surface area contributed by atoms with Crippen molar-refractivity contribution in [2.24, 2.45) is 0 Å². The van der Waals surface area contributed by atoms with Gasteiger partial charge in [-0.1, -0.05) is 31.5 Å². The van der Waals surface area contributed by atoms with Crippen LogP contribution in [0.2, 0.25) is 0 Å². The zero-order chi connectivity index (χ0) is 14.6. The number of hydrogen-bond acceptors (Lipinski definition) is 1. The van der Waals surface area contributed by atoms with Crippen molar-refractivity contribution in [1.82, 2.24) is 10.1 Å². The van der Waals surface area contributed by atoms with Gasteiger partial charge in [0.2, 0.25) is 0 Å². The molecule has 110 valence electrons. The Labute approximate surface area is 120 Å². The van der Waals surface area contributed by atoms with Gasteiger partial charge >= 0.3 is 0 Å². The first-order valence-electron chi connectivity index (χ1n) is 7.16. The molecule has 2 atom stereocenters. The molecule has 0 spiro atoms. The van der Waals surface area contributed by atoms with E-state index in [0.717, 1.165) is 29.3 Å². The molecule has 0 aliphatic heterocycles. The van der Waals surface area contributed by atoms with Gasteiger partial charge in [-0.25, -0.2) is 5.09 Å². The van der Waals surface area contributed by atoms with Gasteiger partial charge < -0.3 is 9.88 Å². The van der Waals surface area contributed by atoms with Crippen LogP contribution in [0.3, 0.4) is 0 Å². The minimum absolute atomic E-state index is 0.0822. The van der Waals surface area contributed by atoms with Crippen molar-refractivity contribution >= 4 is 18.4 Å². The summed E-state index contributed by atoms with van der Waals surface area (Å²) in [5, 5.41) is 4.00. The van der Waals surface area contributed by atoms with Crippen molar-refractivity contribution in [2.75, 3.05) is 6.16 Å². The fraction of sp³-hybridized carbons (Fsp3) is 0.467. The van der Waals surface area contributed by atoms with E-state index in [-0.39, 0.29) is 12.2 Å². The smallest absolute Gasteiger partial charge is 0.267 e. The van der Waals surface area contributed by atoms with E-state index in [1.54, 1.807) is 0 Å². The Morgan fingerprint density at radius 1 is 1.40 bits per heavy atom. The highest BCUT2D eigenvalue weighted by molar-refractivity contribution is 7.55. The van der Waals surface area contributed by atoms with Crippen molar-refractivity contribution in [3.63, 3.8) is 0 Å². The van der Waals surface area contributed by atoms with Gasteiger partial charge in [-0.3, -0.25) is 4.57 Å². The van der Waals surface area contributed by atoms with Gasteiger partial charge in [0, 0.05) is 29.3 Å². The Morgan fingerprint density at radius 3 is 2.90 bits per heavy atom. The van der Waals surface area contributed by atoms with Gasteiger partial charge in [-0.05, 0) is 31.4 Å². The molecule has 5 heteroatoms. The summed E-state index contributed by atoms with van der Waals surface area (Å²) in [6.07, 6.45) is 4.72. The maximum atomic E-state index is 12.2. The van der Waals surface area contributed by atoms with Crippen LogP contribution in [-0.2, 0) is 11.0 Å². The second kappa shape index (κ2) is 6.57. The van der Waals surface area contributed by atoms with E-state index >= 15 is 0 Å². The third kappa shape index (κ3) is 3.95. The molecule has 0 radical (unpaired) electrons. The Kier molecular flexibility index (Phi) is 5.03. The van der Waals surface area contributed by atoms with E-state index in [9.17, 15) is 9.46 Å². The first-order chi connectivity index (χ1) is 9.52. The van der Waals surface area contributed by atoms with Crippen LogP contribution in [0.1, 0.15) is 32.3 Å². The van der Waals surface area contributed by atoms with E-state index in [1.807, 2.05) is 37.4 Å².